The predicted octanol–water partition coefficient (Wildman–Crippen LogP) is 3.82. The van der Waals surface area contributed by atoms with Crippen molar-refractivity contribution in [2.24, 2.45) is 53.3 Å². The maximum atomic E-state index is 14.9. The minimum absolute atomic E-state index is 0. The van der Waals surface area contributed by atoms with Crippen LogP contribution >= 0.6 is 0 Å². The molecule has 3 aromatic rings. The van der Waals surface area contributed by atoms with Crippen molar-refractivity contribution in [1.29, 1.82) is 0 Å². The fourth-order valence-corrected chi connectivity index (χ4v) is 22.8. The Morgan fingerprint density at radius 1 is 0.337 bits per heavy atom. The normalized spacial score (nSPS) is 35.7. The van der Waals surface area contributed by atoms with Crippen LogP contribution < -0.4 is 76.5 Å². The molecule has 17 heteroatoms. The summed E-state index contributed by atoms with van der Waals surface area (Å²) in [7, 11) is 0. The zero-order chi connectivity index (χ0) is 62.8. The van der Waals surface area contributed by atoms with Gasteiger partial charge < -0.3 is 59.0 Å². The van der Waals surface area contributed by atoms with E-state index in [4.69, 9.17) is 28.4 Å². The molecule has 516 valence electrons. The second kappa shape index (κ2) is 34.2. The van der Waals surface area contributed by atoms with Gasteiger partial charge in [0.2, 0.25) is 0 Å². The molecule has 3 aromatic carbocycles. The number of nitrogens with zero attached hydrogens (tertiary/aromatic N) is 3. The fraction of sp³-hybridized carbons (Fsp3) is 0.769. The Morgan fingerprint density at radius 2 is 0.526 bits per heavy atom. The molecule has 16 aliphatic rings. The molecule has 4 heterocycles. The van der Waals surface area contributed by atoms with Gasteiger partial charge in [0.05, 0.1) is 79.3 Å². The van der Waals surface area contributed by atoms with E-state index in [0.717, 1.165) is 205 Å². The van der Waals surface area contributed by atoms with Gasteiger partial charge in [-0.3, -0.25) is 14.7 Å². The number of nitrogens with one attached hydrogen (secondary N) is 2. The SMILES string of the molecule is C1COCC[NH+]2CCOCCOCC[NH+](CCO1)CCOCCOCC2.Cc1cc(CN2CCN(Cc3cc(C)cc(C45CC6CC(CC(C6)C4)C5)c3[O-])CCN(Cc3cc(C)cc(C45CC6CC(CC(C6)C4)C5)c3[O-])CC2)c([O-])c(C23CC4CC(CC(C4)C2)C3)c1.[K+].[O-2].[U+4]. The Morgan fingerprint density at radius 3 is 0.716 bits per heavy atom. The van der Waals surface area contributed by atoms with Crippen LogP contribution in [0.5, 0.6) is 17.2 Å². The molecule has 16 fully saturated rings. The van der Waals surface area contributed by atoms with Crippen LogP contribution in [0.25, 0.3) is 0 Å². The molecule has 19 rings (SSSR count). The molecule has 0 spiro atoms. The zero-order valence-corrected chi connectivity index (χ0v) is 66.2. The summed E-state index contributed by atoms with van der Waals surface area (Å²) >= 11 is 0. The minimum atomic E-state index is 0. The van der Waals surface area contributed by atoms with Crippen molar-refractivity contribution in [3.8, 4) is 17.2 Å². The first-order valence-corrected chi connectivity index (χ1v) is 37.5. The Hall–Kier alpha value is -0.732. The van der Waals surface area contributed by atoms with Crippen LogP contribution in [-0.4, -0.2) is 173 Å². The third-order valence-corrected chi connectivity index (χ3v) is 25.9. The summed E-state index contributed by atoms with van der Waals surface area (Å²) in [4.78, 5) is 10.5. The van der Waals surface area contributed by atoms with Gasteiger partial charge in [0.25, 0.3) is 0 Å². The first-order chi connectivity index (χ1) is 44.8. The zero-order valence-electron chi connectivity index (χ0n) is 58.9. The summed E-state index contributed by atoms with van der Waals surface area (Å²) in [5.41, 5.74) is 10.3. The van der Waals surface area contributed by atoms with Crippen LogP contribution in [0.3, 0.4) is 0 Å². The smallest absolute Gasteiger partial charge is 2.00 e. The molecule has 4 aliphatic heterocycles. The van der Waals surface area contributed by atoms with E-state index in [-0.39, 0.29) is 104 Å². The van der Waals surface area contributed by atoms with E-state index in [1.54, 1.807) is 0 Å². The summed E-state index contributed by atoms with van der Waals surface area (Å²) in [6, 6.07) is 13.5. The molecule has 0 radical (unpaired) electrons. The van der Waals surface area contributed by atoms with Crippen molar-refractivity contribution < 1.29 is 142 Å². The molecule has 0 atom stereocenters. The van der Waals surface area contributed by atoms with E-state index >= 15 is 0 Å². The third kappa shape index (κ3) is 18.3. The number of fused-ring (bicyclic) bond motifs is 21. The average molecular weight is 1560 g/mol. The number of hydrogen-bond donors (Lipinski definition) is 2. The van der Waals surface area contributed by atoms with Gasteiger partial charge in [0.1, 0.15) is 39.3 Å². The third-order valence-electron chi connectivity index (χ3n) is 25.9. The Kier molecular flexibility index (Phi) is 27.2. The van der Waals surface area contributed by atoms with E-state index in [1.807, 2.05) is 0 Å². The molecule has 0 aromatic heterocycles. The van der Waals surface area contributed by atoms with Crippen LogP contribution in [0.15, 0.2) is 36.4 Å². The van der Waals surface area contributed by atoms with Crippen LogP contribution in [0.2, 0.25) is 0 Å². The summed E-state index contributed by atoms with van der Waals surface area (Å²) < 4.78 is 34.4. The topological polar surface area (TPSA) is 172 Å². The monoisotopic (exact) mass is 1560 g/mol. The molecule has 15 nitrogen and oxygen atoms in total. The predicted molar refractivity (Wildman–Crippen MR) is 354 cm³/mol. The van der Waals surface area contributed by atoms with E-state index in [2.05, 4.69) is 71.9 Å². The Labute approximate surface area is 637 Å². The second-order valence-corrected chi connectivity index (χ2v) is 33.0. The van der Waals surface area contributed by atoms with Gasteiger partial charge in [-0.25, -0.2) is 0 Å². The van der Waals surface area contributed by atoms with Gasteiger partial charge in [0.15, 0.2) is 0 Å². The number of quaternary nitrogens is 2. The molecule has 2 N–H and O–H groups in total. The number of benzene rings is 3. The molecule has 14 bridgehead atoms. The second-order valence-electron chi connectivity index (χ2n) is 33.0. The number of ether oxygens (including phenoxy) is 6. The van der Waals surface area contributed by atoms with E-state index in [1.165, 1.54) is 142 Å². The Bertz CT molecular complexity index is 2520. The molecule has 0 unspecified atom stereocenters. The van der Waals surface area contributed by atoms with Gasteiger partial charge >= 0.3 is 82.5 Å². The summed E-state index contributed by atoms with van der Waals surface area (Å²) in [5, 5.41) is 44.7. The van der Waals surface area contributed by atoms with Crippen LogP contribution in [-0.2, 0) is 69.8 Å². The molecule has 4 saturated heterocycles. The van der Waals surface area contributed by atoms with Crippen molar-refractivity contribution in [3.63, 3.8) is 0 Å². The Balaban J connectivity index is 0.000000270. The van der Waals surface area contributed by atoms with Crippen molar-refractivity contribution in [2.45, 2.75) is 172 Å². The van der Waals surface area contributed by atoms with Crippen LogP contribution in [0, 0.1) is 105 Å². The van der Waals surface area contributed by atoms with E-state index < -0.39 is 0 Å². The first kappa shape index (κ1) is 75.4. The molecule has 95 heavy (non-hydrogen) atoms. The van der Waals surface area contributed by atoms with E-state index in [0.29, 0.717) is 76.5 Å². The fourth-order valence-electron chi connectivity index (χ4n) is 22.8. The summed E-state index contributed by atoms with van der Waals surface area (Å²) in [6.45, 7) is 27.8. The maximum Gasteiger partial charge on any atom is 4.00 e. The average Bonchev–Trinajstić information content (AvgIpc) is 0.782. The van der Waals surface area contributed by atoms with Gasteiger partial charge in [-0.05, 0) is 239 Å². The van der Waals surface area contributed by atoms with Gasteiger partial charge in [-0.2, -0.15) is 0 Å². The van der Waals surface area contributed by atoms with Crippen LogP contribution in [0.1, 0.15) is 166 Å². The number of aryl methyl sites for hydroxylation is 3. The maximum absolute atomic E-state index is 14.9. The summed E-state index contributed by atoms with van der Waals surface area (Å²) in [6.07, 6.45) is 23.3. The van der Waals surface area contributed by atoms with Crippen molar-refractivity contribution in [3.05, 3.63) is 86.5 Å². The van der Waals surface area contributed by atoms with Crippen LogP contribution in [0.4, 0.5) is 0 Å². The van der Waals surface area contributed by atoms with Gasteiger partial charge in [0, 0.05) is 58.9 Å². The number of rotatable bonds is 9. The molecular weight excluding hydrogens is 1440 g/mol. The first-order valence-electron chi connectivity index (χ1n) is 37.5. The van der Waals surface area contributed by atoms with Gasteiger partial charge in [-0.1, -0.05) is 53.1 Å². The van der Waals surface area contributed by atoms with Crippen molar-refractivity contribution in [1.82, 2.24) is 14.7 Å². The summed E-state index contributed by atoms with van der Waals surface area (Å²) in [5.74, 6) is 8.14. The number of hydrogen-bond acceptors (Lipinski definition) is 12. The van der Waals surface area contributed by atoms with Gasteiger partial charge in [-0.15, -0.1) is 17.2 Å². The molecule has 12 aliphatic carbocycles. The molecule has 12 saturated carbocycles. The quantitative estimate of drug-likeness (QED) is 0.298. The largest absolute Gasteiger partial charge is 4.00 e. The standard InChI is InChI=1S/C60H81N3O3.C18H36N2O6.K.O.U/c1-37-10-49(55(64)52(13-37)58-25-40-16-41(26-58)18-42(17-40)27-58)34-61-4-6-62(35-50-11-38(2)14-53(56(50)65)59-28-43-19-44(29-59)21-45(20-43)30-59)8-9-63(7-5-61)36-51-12-39(3)15-54(57(51)66)60-31-46-22-47(32-60)24-48(23-46)33-60;1-7-21-13-14-24-10-4-20-5-11-25-17-15-22-8-2-19(1)3-9-23-16-18-26-12-6-20;;;/h10-15,40-48,64-66H,4-9,16-36H2,1-3H3;1-18H2;;;/q;;+1;-2;+4/p-1. The van der Waals surface area contributed by atoms with Crippen molar-refractivity contribution >= 4 is 0 Å². The van der Waals surface area contributed by atoms with E-state index in [9.17, 15) is 15.3 Å². The molecule has 0 amide bonds. The van der Waals surface area contributed by atoms with Crippen molar-refractivity contribution in [2.75, 3.05) is 158 Å². The minimum Gasteiger partial charge on any atom is -2.00 e. The molecular formula is C78H116KN5O10U+2.